The predicted octanol–water partition coefficient (Wildman–Crippen LogP) is 4.50. The third-order valence-corrected chi connectivity index (χ3v) is 5.62. The topological polar surface area (TPSA) is 15.3 Å². The molecule has 2 nitrogen and oxygen atoms in total. The van der Waals surface area contributed by atoms with E-state index in [2.05, 4.69) is 36.2 Å². The molecule has 2 rings (SSSR count). The van der Waals surface area contributed by atoms with Crippen LogP contribution in [0.25, 0.3) is 0 Å². The SMILES string of the molecule is CCC1(C)CCN(CCC(NC)c2ccccc2Cl)CC1. The van der Waals surface area contributed by atoms with E-state index in [1.54, 1.807) is 0 Å². The van der Waals surface area contributed by atoms with E-state index >= 15 is 0 Å². The van der Waals surface area contributed by atoms with Gasteiger partial charge in [-0.25, -0.2) is 0 Å². The van der Waals surface area contributed by atoms with Crippen molar-refractivity contribution in [3.05, 3.63) is 34.9 Å². The Morgan fingerprint density at radius 3 is 2.52 bits per heavy atom. The summed E-state index contributed by atoms with van der Waals surface area (Å²) in [6.07, 6.45) is 5.09. The van der Waals surface area contributed by atoms with Gasteiger partial charge < -0.3 is 10.2 Å². The second-order valence-electron chi connectivity index (χ2n) is 6.66. The number of halogens is 1. The van der Waals surface area contributed by atoms with Crippen molar-refractivity contribution in [2.24, 2.45) is 5.41 Å². The van der Waals surface area contributed by atoms with Crippen LogP contribution >= 0.6 is 11.6 Å². The monoisotopic (exact) mass is 308 g/mol. The van der Waals surface area contributed by atoms with Gasteiger partial charge >= 0.3 is 0 Å². The minimum absolute atomic E-state index is 0.346. The second kappa shape index (κ2) is 7.62. The lowest BCUT2D eigenvalue weighted by atomic mass is 9.78. The molecular weight excluding hydrogens is 280 g/mol. The van der Waals surface area contributed by atoms with E-state index in [0.29, 0.717) is 11.5 Å². The Hall–Kier alpha value is -0.570. The first kappa shape index (κ1) is 16.8. The second-order valence-corrected chi connectivity index (χ2v) is 7.06. The third kappa shape index (κ3) is 4.45. The minimum atomic E-state index is 0.346. The van der Waals surface area contributed by atoms with Gasteiger partial charge in [-0.1, -0.05) is 50.1 Å². The van der Waals surface area contributed by atoms with Crippen molar-refractivity contribution in [3.63, 3.8) is 0 Å². The van der Waals surface area contributed by atoms with Crippen molar-refractivity contribution in [2.75, 3.05) is 26.7 Å². The fourth-order valence-corrected chi connectivity index (χ4v) is 3.46. The average Bonchev–Trinajstić information content (AvgIpc) is 2.51. The van der Waals surface area contributed by atoms with Crippen LogP contribution in [-0.2, 0) is 0 Å². The fourth-order valence-electron chi connectivity index (χ4n) is 3.19. The number of nitrogens with one attached hydrogen (secondary N) is 1. The van der Waals surface area contributed by atoms with Crippen LogP contribution in [-0.4, -0.2) is 31.6 Å². The summed E-state index contributed by atoms with van der Waals surface area (Å²) < 4.78 is 0. The molecular formula is C18H29ClN2. The van der Waals surface area contributed by atoms with Crippen LogP contribution < -0.4 is 5.32 Å². The molecule has 1 aliphatic heterocycles. The van der Waals surface area contributed by atoms with Crippen molar-refractivity contribution >= 4 is 11.6 Å². The lowest BCUT2D eigenvalue weighted by Gasteiger charge is -2.39. The van der Waals surface area contributed by atoms with Gasteiger partial charge in [0.1, 0.15) is 0 Å². The molecule has 0 amide bonds. The first-order chi connectivity index (χ1) is 10.1. The van der Waals surface area contributed by atoms with Gasteiger partial charge in [-0.15, -0.1) is 0 Å². The Balaban J connectivity index is 1.86. The number of hydrogen-bond acceptors (Lipinski definition) is 2. The Kier molecular flexibility index (Phi) is 6.09. The van der Waals surface area contributed by atoms with E-state index in [-0.39, 0.29) is 0 Å². The third-order valence-electron chi connectivity index (χ3n) is 5.28. The van der Waals surface area contributed by atoms with Crippen LogP contribution in [0.5, 0.6) is 0 Å². The molecule has 1 aromatic carbocycles. The van der Waals surface area contributed by atoms with Crippen LogP contribution in [0.1, 0.15) is 51.1 Å². The highest BCUT2D eigenvalue weighted by Gasteiger charge is 2.28. The standard InChI is InChI=1S/C18H29ClN2/c1-4-18(2)10-13-21(14-11-18)12-9-17(20-3)15-7-5-6-8-16(15)19/h5-8,17,20H,4,9-14H2,1-3H3. The molecule has 1 atom stereocenters. The van der Waals surface area contributed by atoms with Crippen LogP contribution in [0.3, 0.4) is 0 Å². The molecule has 1 N–H and O–H groups in total. The molecule has 0 aliphatic carbocycles. The first-order valence-electron chi connectivity index (χ1n) is 8.22. The van der Waals surface area contributed by atoms with Gasteiger partial charge in [-0.3, -0.25) is 0 Å². The van der Waals surface area contributed by atoms with Crippen LogP contribution in [0.4, 0.5) is 0 Å². The molecule has 1 unspecified atom stereocenters. The normalized spacial score (nSPS) is 20.4. The maximum absolute atomic E-state index is 6.32. The van der Waals surface area contributed by atoms with E-state index < -0.39 is 0 Å². The van der Waals surface area contributed by atoms with Crippen LogP contribution in [0.2, 0.25) is 5.02 Å². The summed E-state index contributed by atoms with van der Waals surface area (Å²) in [7, 11) is 2.03. The zero-order valence-corrected chi connectivity index (χ0v) is 14.4. The van der Waals surface area contributed by atoms with Gasteiger partial charge in [0.05, 0.1) is 0 Å². The summed E-state index contributed by atoms with van der Waals surface area (Å²) in [5.41, 5.74) is 1.79. The number of piperidine rings is 1. The van der Waals surface area contributed by atoms with Gasteiger partial charge in [-0.2, -0.15) is 0 Å². The summed E-state index contributed by atoms with van der Waals surface area (Å²) in [6, 6.07) is 8.52. The Morgan fingerprint density at radius 2 is 1.95 bits per heavy atom. The number of nitrogens with zero attached hydrogens (tertiary/aromatic N) is 1. The molecule has 1 aromatic rings. The molecule has 0 bridgehead atoms. The fraction of sp³-hybridized carbons (Fsp3) is 0.667. The molecule has 0 aromatic heterocycles. The van der Waals surface area contributed by atoms with Crippen LogP contribution in [0, 0.1) is 5.41 Å². The van der Waals surface area contributed by atoms with Gasteiger partial charge in [0, 0.05) is 11.1 Å². The van der Waals surface area contributed by atoms with E-state index in [1.165, 1.54) is 37.9 Å². The Labute approximate surface area is 134 Å². The quantitative estimate of drug-likeness (QED) is 0.832. The molecule has 0 radical (unpaired) electrons. The summed E-state index contributed by atoms with van der Waals surface area (Å²) in [4.78, 5) is 2.61. The molecule has 3 heteroatoms. The highest BCUT2D eigenvalue weighted by Crippen LogP contribution is 2.34. The number of hydrogen-bond donors (Lipinski definition) is 1. The average molecular weight is 309 g/mol. The van der Waals surface area contributed by atoms with E-state index in [0.717, 1.165) is 18.0 Å². The zero-order chi connectivity index (χ0) is 15.3. The first-order valence-corrected chi connectivity index (χ1v) is 8.60. The smallest absolute Gasteiger partial charge is 0.0453 e. The Morgan fingerprint density at radius 1 is 1.29 bits per heavy atom. The number of rotatable bonds is 6. The van der Waals surface area contributed by atoms with Crippen LogP contribution in [0.15, 0.2) is 24.3 Å². The van der Waals surface area contributed by atoms with E-state index in [9.17, 15) is 0 Å². The zero-order valence-electron chi connectivity index (χ0n) is 13.7. The Bertz CT molecular complexity index is 439. The largest absolute Gasteiger partial charge is 0.313 e. The van der Waals surface area contributed by atoms with Crippen molar-refractivity contribution in [3.8, 4) is 0 Å². The van der Waals surface area contributed by atoms with Crippen molar-refractivity contribution in [1.29, 1.82) is 0 Å². The summed E-state index contributed by atoms with van der Waals surface area (Å²) in [5.74, 6) is 0. The predicted molar refractivity (Wildman–Crippen MR) is 91.9 cm³/mol. The van der Waals surface area contributed by atoms with Crippen molar-refractivity contribution in [1.82, 2.24) is 10.2 Å². The summed E-state index contributed by atoms with van der Waals surface area (Å²) in [5, 5.41) is 4.28. The molecule has 0 saturated carbocycles. The highest BCUT2D eigenvalue weighted by molar-refractivity contribution is 6.31. The van der Waals surface area contributed by atoms with E-state index in [1.807, 2.05) is 19.2 Å². The van der Waals surface area contributed by atoms with E-state index in [4.69, 9.17) is 11.6 Å². The lowest BCUT2D eigenvalue weighted by molar-refractivity contribution is 0.111. The van der Waals surface area contributed by atoms with Gasteiger partial charge in [0.2, 0.25) is 0 Å². The lowest BCUT2D eigenvalue weighted by Crippen LogP contribution is -2.39. The number of likely N-dealkylation sites (tertiary alicyclic amines) is 1. The molecule has 21 heavy (non-hydrogen) atoms. The molecule has 1 fully saturated rings. The maximum Gasteiger partial charge on any atom is 0.0453 e. The highest BCUT2D eigenvalue weighted by atomic mass is 35.5. The molecule has 1 heterocycles. The molecule has 1 saturated heterocycles. The van der Waals surface area contributed by atoms with Crippen molar-refractivity contribution in [2.45, 2.75) is 45.6 Å². The summed E-state index contributed by atoms with van der Waals surface area (Å²) >= 11 is 6.32. The van der Waals surface area contributed by atoms with Gasteiger partial charge in [0.15, 0.2) is 0 Å². The van der Waals surface area contributed by atoms with Gasteiger partial charge in [0.25, 0.3) is 0 Å². The number of benzene rings is 1. The summed E-state index contributed by atoms with van der Waals surface area (Å²) in [6.45, 7) is 8.39. The minimum Gasteiger partial charge on any atom is -0.313 e. The molecule has 118 valence electrons. The van der Waals surface area contributed by atoms with Gasteiger partial charge in [-0.05, 0) is 63.0 Å². The molecule has 0 spiro atoms. The maximum atomic E-state index is 6.32. The molecule has 1 aliphatic rings. The van der Waals surface area contributed by atoms with Crippen molar-refractivity contribution < 1.29 is 0 Å².